The fourth-order valence-corrected chi connectivity index (χ4v) is 5.27. The predicted octanol–water partition coefficient (Wildman–Crippen LogP) is 2.19. The van der Waals surface area contributed by atoms with E-state index in [9.17, 15) is 9.59 Å². The highest BCUT2D eigenvalue weighted by Gasteiger charge is 2.58. The first-order chi connectivity index (χ1) is 14.9. The summed E-state index contributed by atoms with van der Waals surface area (Å²) in [6, 6.07) is 8.76. The number of aliphatic imine (C=N–C) groups is 1. The Kier molecular flexibility index (Phi) is 7.97. The molecular formula is C24H34IN5O2. The molecule has 2 aliphatic carbocycles. The Morgan fingerprint density at radius 2 is 1.69 bits per heavy atom. The van der Waals surface area contributed by atoms with Gasteiger partial charge in [-0.05, 0) is 44.8 Å². The normalized spacial score (nSPS) is 27.0. The van der Waals surface area contributed by atoms with Crippen LogP contribution in [0.1, 0.15) is 23.6 Å². The summed E-state index contributed by atoms with van der Waals surface area (Å²) in [4.78, 5) is 33.5. The van der Waals surface area contributed by atoms with Crippen LogP contribution in [0.5, 0.6) is 0 Å². The van der Waals surface area contributed by atoms with E-state index in [1.807, 2.05) is 0 Å². The molecule has 0 aromatic heterocycles. The Hall–Kier alpha value is -1.94. The number of nitrogens with one attached hydrogen (secondary N) is 2. The minimum Gasteiger partial charge on any atom is -0.355 e. The van der Waals surface area contributed by atoms with Gasteiger partial charge in [-0.25, -0.2) is 0 Å². The van der Waals surface area contributed by atoms with E-state index >= 15 is 0 Å². The molecule has 1 heterocycles. The van der Waals surface area contributed by atoms with E-state index in [-0.39, 0.29) is 65.5 Å². The maximum atomic E-state index is 12.8. The highest BCUT2D eigenvalue weighted by atomic mass is 127. The van der Waals surface area contributed by atoms with Gasteiger partial charge in [0, 0.05) is 26.7 Å². The summed E-state index contributed by atoms with van der Waals surface area (Å²) in [6.45, 7) is 3.63. The van der Waals surface area contributed by atoms with Crippen molar-refractivity contribution >= 4 is 41.8 Å². The molecule has 174 valence electrons. The summed E-state index contributed by atoms with van der Waals surface area (Å²) in [5, 5.41) is 6.63. The molecule has 1 aromatic carbocycles. The van der Waals surface area contributed by atoms with Crippen molar-refractivity contribution < 1.29 is 9.59 Å². The van der Waals surface area contributed by atoms with E-state index in [0.29, 0.717) is 25.6 Å². The summed E-state index contributed by atoms with van der Waals surface area (Å²) < 4.78 is 0. The third-order valence-corrected chi connectivity index (χ3v) is 6.96. The van der Waals surface area contributed by atoms with Crippen molar-refractivity contribution in [1.29, 1.82) is 0 Å². The summed E-state index contributed by atoms with van der Waals surface area (Å²) in [5.74, 6) is 0.921. The van der Waals surface area contributed by atoms with Gasteiger partial charge in [0.25, 0.3) is 0 Å². The number of aryl methyl sites for hydroxylation is 1. The maximum absolute atomic E-state index is 12.8. The van der Waals surface area contributed by atoms with Crippen LogP contribution in [-0.4, -0.2) is 68.4 Å². The Bertz CT molecular complexity index is 868. The molecule has 5 unspecified atom stereocenters. The van der Waals surface area contributed by atoms with E-state index < -0.39 is 0 Å². The first-order valence-corrected chi connectivity index (χ1v) is 11.1. The lowest BCUT2D eigenvalue weighted by Gasteiger charge is -2.26. The van der Waals surface area contributed by atoms with Gasteiger partial charge in [-0.3, -0.25) is 19.5 Å². The standard InChI is InChI=1S/C24H33N5O2.HI/c1-15-5-7-16(8-6-15)19(28(3)4)14-27-24(25-2)26-11-12-29-22(30)20-17-9-10-18(13-17)21(20)23(29)31;/h5-10,17-21H,11-14H2,1-4H3,(H2,25,26,27);1H. The zero-order chi connectivity index (χ0) is 22.1. The van der Waals surface area contributed by atoms with Crippen molar-refractivity contribution in [2.75, 3.05) is 40.8 Å². The molecule has 32 heavy (non-hydrogen) atoms. The van der Waals surface area contributed by atoms with Gasteiger partial charge in [-0.2, -0.15) is 0 Å². The zero-order valence-corrected chi connectivity index (χ0v) is 21.6. The number of hydrogen-bond donors (Lipinski definition) is 2. The van der Waals surface area contributed by atoms with Gasteiger partial charge in [-0.1, -0.05) is 42.0 Å². The molecule has 5 atom stereocenters. The SMILES string of the molecule is CN=C(NCCN1C(=O)C2C3C=CC(C3)C2C1=O)NCC(c1ccc(C)cc1)N(C)C.I. The van der Waals surface area contributed by atoms with E-state index in [1.165, 1.54) is 16.0 Å². The summed E-state index contributed by atoms with van der Waals surface area (Å²) in [6.07, 6.45) is 5.21. The average molecular weight is 551 g/mol. The number of allylic oxidation sites excluding steroid dienone is 2. The van der Waals surface area contributed by atoms with Crippen LogP contribution in [0, 0.1) is 30.6 Å². The number of imide groups is 1. The van der Waals surface area contributed by atoms with Crippen molar-refractivity contribution in [1.82, 2.24) is 20.4 Å². The second kappa shape index (κ2) is 10.3. The largest absolute Gasteiger partial charge is 0.355 e. The van der Waals surface area contributed by atoms with Gasteiger partial charge in [0.15, 0.2) is 5.96 Å². The molecule has 1 aliphatic heterocycles. The van der Waals surface area contributed by atoms with Crippen LogP contribution in [0.4, 0.5) is 0 Å². The topological polar surface area (TPSA) is 77.0 Å². The molecule has 4 rings (SSSR count). The smallest absolute Gasteiger partial charge is 0.233 e. The second-order valence-corrected chi connectivity index (χ2v) is 9.10. The molecule has 0 radical (unpaired) electrons. The van der Waals surface area contributed by atoms with Crippen molar-refractivity contribution in [2.45, 2.75) is 19.4 Å². The predicted molar refractivity (Wildman–Crippen MR) is 137 cm³/mol. The van der Waals surface area contributed by atoms with Gasteiger partial charge in [0.2, 0.25) is 11.8 Å². The number of carbonyl (C=O) groups is 2. The van der Waals surface area contributed by atoms with Gasteiger partial charge >= 0.3 is 0 Å². The lowest BCUT2D eigenvalue weighted by Crippen LogP contribution is -2.45. The third-order valence-electron chi connectivity index (χ3n) is 6.96. The van der Waals surface area contributed by atoms with Crippen molar-refractivity contribution in [2.24, 2.45) is 28.7 Å². The number of fused-ring (bicyclic) bond motifs is 5. The van der Waals surface area contributed by atoms with Crippen LogP contribution in [-0.2, 0) is 9.59 Å². The Labute approximate surface area is 207 Å². The Morgan fingerprint density at radius 3 is 2.22 bits per heavy atom. The number of amides is 2. The molecule has 2 amide bonds. The highest BCUT2D eigenvalue weighted by Crippen LogP contribution is 2.52. The first kappa shape index (κ1) is 24.7. The minimum atomic E-state index is -0.129. The number of hydrogen-bond acceptors (Lipinski definition) is 4. The number of rotatable bonds is 7. The fraction of sp³-hybridized carbons (Fsp3) is 0.542. The van der Waals surface area contributed by atoms with Crippen molar-refractivity contribution in [3.63, 3.8) is 0 Å². The van der Waals surface area contributed by atoms with Gasteiger partial charge in [-0.15, -0.1) is 24.0 Å². The number of halogens is 1. The quantitative estimate of drug-likeness (QED) is 0.179. The van der Waals surface area contributed by atoms with Gasteiger partial charge in [0.05, 0.1) is 17.9 Å². The number of benzene rings is 1. The molecule has 2 N–H and O–H groups in total. The van der Waals surface area contributed by atoms with Crippen LogP contribution in [0.25, 0.3) is 0 Å². The molecule has 0 spiro atoms. The van der Waals surface area contributed by atoms with Crippen LogP contribution in [0.2, 0.25) is 0 Å². The summed E-state index contributed by atoms with van der Waals surface area (Å²) in [5.41, 5.74) is 2.48. The molecule has 1 aromatic rings. The first-order valence-electron chi connectivity index (χ1n) is 11.1. The second-order valence-electron chi connectivity index (χ2n) is 9.10. The molecule has 2 bridgehead atoms. The van der Waals surface area contributed by atoms with Crippen molar-refractivity contribution in [3.05, 3.63) is 47.5 Å². The van der Waals surface area contributed by atoms with Crippen LogP contribution in [0.15, 0.2) is 41.4 Å². The van der Waals surface area contributed by atoms with Crippen LogP contribution >= 0.6 is 24.0 Å². The third kappa shape index (κ3) is 4.71. The maximum Gasteiger partial charge on any atom is 0.233 e. The van der Waals surface area contributed by atoms with Gasteiger partial charge < -0.3 is 15.5 Å². The average Bonchev–Trinajstić information content (AvgIpc) is 3.43. The number of nitrogens with zero attached hydrogens (tertiary/aromatic N) is 3. The molecule has 1 saturated heterocycles. The van der Waals surface area contributed by atoms with Crippen molar-refractivity contribution in [3.8, 4) is 0 Å². The molecule has 2 fully saturated rings. The molecule has 3 aliphatic rings. The molecule has 1 saturated carbocycles. The fourth-order valence-electron chi connectivity index (χ4n) is 5.27. The van der Waals surface area contributed by atoms with E-state index in [4.69, 9.17) is 0 Å². The molecule has 8 heteroatoms. The van der Waals surface area contributed by atoms with Gasteiger partial charge in [0.1, 0.15) is 0 Å². The Balaban J connectivity index is 0.00000289. The number of carbonyl (C=O) groups excluding carboxylic acids is 2. The highest BCUT2D eigenvalue weighted by molar-refractivity contribution is 14.0. The summed E-state index contributed by atoms with van der Waals surface area (Å²) >= 11 is 0. The summed E-state index contributed by atoms with van der Waals surface area (Å²) in [7, 11) is 5.85. The Morgan fingerprint density at radius 1 is 1.09 bits per heavy atom. The molecule has 7 nitrogen and oxygen atoms in total. The van der Waals surface area contributed by atoms with E-state index in [2.05, 4.69) is 78.0 Å². The lowest BCUT2D eigenvalue weighted by molar-refractivity contribution is -0.140. The zero-order valence-electron chi connectivity index (χ0n) is 19.2. The number of likely N-dealkylation sites (tertiary alicyclic amines) is 1. The number of guanidine groups is 1. The number of likely N-dealkylation sites (N-methyl/N-ethyl adjacent to an activating group) is 1. The monoisotopic (exact) mass is 551 g/mol. The minimum absolute atomic E-state index is 0. The van der Waals surface area contributed by atoms with E-state index in [0.717, 1.165) is 6.42 Å². The van der Waals surface area contributed by atoms with E-state index in [1.54, 1.807) is 7.05 Å². The molecular weight excluding hydrogens is 517 g/mol. The van der Waals surface area contributed by atoms with Crippen LogP contribution in [0.3, 0.4) is 0 Å². The van der Waals surface area contributed by atoms with Crippen LogP contribution < -0.4 is 10.6 Å². The lowest BCUT2D eigenvalue weighted by atomic mass is 9.85.